The number of benzene rings is 1. The molecule has 22 heavy (non-hydrogen) atoms. The summed E-state index contributed by atoms with van der Waals surface area (Å²) in [7, 11) is 1.82. The van der Waals surface area contributed by atoms with E-state index in [9.17, 15) is 4.79 Å². The molecule has 114 valence electrons. The van der Waals surface area contributed by atoms with E-state index in [4.69, 9.17) is 0 Å². The molecule has 0 aliphatic carbocycles. The fourth-order valence-corrected chi connectivity index (χ4v) is 2.35. The lowest BCUT2D eigenvalue weighted by Crippen LogP contribution is -2.60. The fourth-order valence-electron chi connectivity index (χ4n) is 2.35. The van der Waals surface area contributed by atoms with E-state index in [2.05, 4.69) is 20.4 Å². The number of rotatable bonds is 3. The van der Waals surface area contributed by atoms with Crippen molar-refractivity contribution < 1.29 is 4.79 Å². The van der Waals surface area contributed by atoms with Gasteiger partial charge in [-0.2, -0.15) is 5.10 Å². The lowest BCUT2D eigenvalue weighted by atomic mass is 10.1. The maximum absolute atomic E-state index is 12.2. The molecule has 0 spiro atoms. The number of nitrogens with zero attached hydrogens (tertiary/aromatic N) is 4. The van der Waals surface area contributed by atoms with Gasteiger partial charge in [-0.3, -0.25) is 0 Å². The zero-order chi connectivity index (χ0) is 15.5. The Morgan fingerprint density at radius 2 is 1.91 bits per heavy atom. The van der Waals surface area contributed by atoms with Crippen LogP contribution in [0.15, 0.2) is 42.5 Å². The van der Waals surface area contributed by atoms with E-state index >= 15 is 0 Å². The molecule has 1 aliphatic heterocycles. The van der Waals surface area contributed by atoms with Crippen LogP contribution >= 0.6 is 0 Å². The Bertz CT molecular complexity index is 637. The second kappa shape index (κ2) is 6.01. The minimum atomic E-state index is -0.0918. The van der Waals surface area contributed by atoms with Crippen molar-refractivity contribution in [3.05, 3.63) is 48.2 Å². The SMILES string of the molecule is Cc1ccc(N2CC(N(C)C(=O)Nc3ccccc3)C2)nn1. The third kappa shape index (κ3) is 3.00. The Balaban J connectivity index is 1.53. The summed E-state index contributed by atoms with van der Waals surface area (Å²) in [4.78, 5) is 16.1. The minimum Gasteiger partial charge on any atom is -0.351 e. The maximum Gasteiger partial charge on any atom is 0.321 e. The van der Waals surface area contributed by atoms with Crippen molar-refractivity contribution in [1.29, 1.82) is 0 Å². The van der Waals surface area contributed by atoms with Gasteiger partial charge in [-0.15, -0.1) is 5.10 Å². The molecule has 6 nitrogen and oxygen atoms in total. The van der Waals surface area contributed by atoms with Crippen LogP contribution in [0, 0.1) is 6.92 Å². The van der Waals surface area contributed by atoms with Gasteiger partial charge < -0.3 is 15.1 Å². The van der Waals surface area contributed by atoms with E-state index in [0.29, 0.717) is 0 Å². The van der Waals surface area contributed by atoms with E-state index in [0.717, 1.165) is 30.3 Å². The molecule has 0 radical (unpaired) electrons. The van der Waals surface area contributed by atoms with Crippen molar-refractivity contribution in [2.24, 2.45) is 0 Å². The van der Waals surface area contributed by atoms with Crippen LogP contribution in [0.3, 0.4) is 0 Å². The van der Waals surface area contributed by atoms with Crippen LogP contribution in [-0.4, -0.2) is 47.3 Å². The standard InChI is InChI=1S/C16H19N5O/c1-12-8-9-15(19-18-12)21-10-14(11-21)20(2)16(22)17-13-6-4-3-5-7-13/h3-9,14H,10-11H2,1-2H3,(H,17,22). The van der Waals surface area contributed by atoms with Crippen LogP contribution < -0.4 is 10.2 Å². The predicted molar refractivity (Wildman–Crippen MR) is 86.0 cm³/mol. The molecular formula is C16H19N5O. The number of anilines is 2. The molecule has 1 aromatic heterocycles. The predicted octanol–water partition coefficient (Wildman–Crippen LogP) is 2.14. The van der Waals surface area contributed by atoms with Gasteiger partial charge in [-0.05, 0) is 31.2 Å². The first-order valence-electron chi connectivity index (χ1n) is 7.27. The second-order valence-corrected chi connectivity index (χ2v) is 5.50. The number of amides is 2. The number of aromatic nitrogens is 2. The summed E-state index contributed by atoms with van der Waals surface area (Å²) in [6.45, 7) is 3.46. The van der Waals surface area contributed by atoms with Gasteiger partial charge in [-0.1, -0.05) is 18.2 Å². The molecule has 1 N–H and O–H groups in total. The van der Waals surface area contributed by atoms with E-state index in [1.54, 1.807) is 4.90 Å². The molecule has 2 heterocycles. The molecule has 1 fully saturated rings. The number of nitrogens with one attached hydrogen (secondary N) is 1. The van der Waals surface area contributed by atoms with E-state index < -0.39 is 0 Å². The van der Waals surface area contributed by atoms with Gasteiger partial charge in [0.2, 0.25) is 0 Å². The molecule has 0 bridgehead atoms. The Morgan fingerprint density at radius 3 is 2.55 bits per heavy atom. The average Bonchev–Trinajstić information content (AvgIpc) is 2.48. The fraction of sp³-hybridized carbons (Fsp3) is 0.312. The summed E-state index contributed by atoms with van der Waals surface area (Å²) in [6, 6.07) is 13.5. The third-order valence-corrected chi connectivity index (χ3v) is 3.86. The highest BCUT2D eigenvalue weighted by Crippen LogP contribution is 2.21. The largest absolute Gasteiger partial charge is 0.351 e. The summed E-state index contributed by atoms with van der Waals surface area (Å²) in [5, 5.41) is 11.1. The number of hydrogen-bond donors (Lipinski definition) is 1. The van der Waals surface area contributed by atoms with Gasteiger partial charge in [0.05, 0.1) is 11.7 Å². The van der Waals surface area contributed by atoms with Gasteiger partial charge >= 0.3 is 6.03 Å². The van der Waals surface area contributed by atoms with Crippen molar-refractivity contribution in [2.75, 3.05) is 30.4 Å². The van der Waals surface area contributed by atoms with Crippen LogP contribution in [0.25, 0.3) is 0 Å². The number of urea groups is 1. The molecule has 6 heteroatoms. The quantitative estimate of drug-likeness (QED) is 0.943. The van der Waals surface area contributed by atoms with Crippen LogP contribution in [-0.2, 0) is 0 Å². The van der Waals surface area contributed by atoms with Gasteiger partial charge in [0.15, 0.2) is 5.82 Å². The molecule has 0 unspecified atom stereocenters. The molecule has 1 saturated heterocycles. The van der Waals surface area contributed by atoms with Crippen molar-refractivity contribution in [3.63, 3.8) is 0 Å². The Labute approximate surface area is 129 Å². The van der Waals surface area contributed by atoms with Crippen LogP contribution in [0.4, 0.5) is 16.3 Å². The lowest BCUT2D eigenvalue weighted by Gasteiger charge is -2.44. The Hall–Kier alpha value is -2.63. The highest BCUT2D eigenvalue weighted by atomic mass is 16.2. The molecule has 3 rings (SSSR count). The van der Waals surface area contributed by atoms with Crippen LogP contribution in [0.5, 0.6) is 0 Å². The smallest absolute Gasteiger partial charge is 0.321 e. The number of carbonyl (C=O) groups excluding carboxylic acids is 1. The third-order valence-electron chi connectivity index (χ3n) is 3.86. The van der Waals surface area contributed by atoms with Crippen molar-refractivity contribution in [3.8, 4) is 0 Å². The van der Waals surface area contributed by atoms with E-state index in [1.807, 2.05) is 56.4 Å². The lowest BCUT2D eigenvalue weighted by molar-refractivity contribution is 0.191. The number of hydrogen-bond acceptors (Lipinski definition) is 4. The van der Waals surface area contributed by atoms with Gasteiger partial charge in [0.1, 0.15) is 0 Å². The molecule has 0 atom stereocenters. The Kier molecular flexibility index (Phi) is 3.91. The molecule has 1 aromatic carbocycles. The zero-order valence-electron chi connectivity index (χ0n) is 12.7. The monoisotopic (exact) mass is 297 g/mol. The maximum atomic E-state index is 12.2. The highest BCUT2D eigenvalue weighted by Gasteiger charge is 2.33. The topological polar surface area (TPSA) is 61.4 Å². The second-order valence-electron chi connectivity index (χ2n) is 5.50. The molecular weight excluding hydrogens is 278 g/mol. The summed E-state index contributed by atoms with van der Waals surface area (Å²) in [6.07, 6.45) is 0. The van der Waals surface area contributed by atoms with Gasteiger partial charge in [0.25, 0.3) is 0 Å². The summed E-state index contributed by atoms with van der Waals surface area (Å²) >= 11 is 0. The summed E-state index contributed by atoms with van der Waals surface area (Å²) < 4.78 is 0. The number of aryl methyl sites for hydroxylation is 1. The molecule has 1 aliphatic rings. The number of para-hydroxylation sites is 1. The highest BCUT2D eigenvalue weighted by molar-refractivity contribution is 5.89. The average molecular weight is 297 g/mol. The molecule has 2 aromatic rings. The first-order valence-corrected chi connectivity index (χ1v) is 7.27. The van der Waals surface area contributed by atoms with Crippen molar-refractivity contribution in [1.82, 2.24) is 15.1 Å². The molecule has 2 amide bonds. The van der Waals surface area contributed by atoms with Crippen LogP contribution in [0.1, 0.15) is 5.69 Å². The summed E-state index contributed by atoms with van der Waals surface area (Å²) in [5.41, 5.74) is 1.71. The number of carbonyl (C=O) groups is 1. The van der Waals surface area contributed by atoms with Crippen molar-refractivity contribution >= 4 is 17.5 Å². The van der Waals surface area contributed by atoms with Crippen molar-refractivity contribution in [2.45, 2.75) is 13.0 Å². The van der Waals surface area contributed by atoms with Gasteiger partial charge in [-0.25, -0.2) is 4.79 Å². The van der Waals surface area contributed by atoms with Crippen LogP contribution in [0.2, 0.25) is 0 Å². The molecule has 0 saturated carbocycles. The summed E-state index contributed by atoms with van der Waals surface area (Å²) in [5.74, 6) is 0.860. The van der Waals surface area contributed by atoms with E-state index in [1.165, 1.54) is 0 Å². The minimum absolute atomic E-state index is 0.0918. The zero-order valence-corrected chi connectivity index (χ0v) is 12.7. The first kappa shape index (κ1) is 14.3. The number of likely N-dealkylation sites (N-methyl/N-ethyl adjacent to an activating group) is 1. The Morgan fingerprint density at radius 1 is 1.18 bits per heavy atom. The van der Waals surface area contributed by atoms with E-state index in [-0.39, 0.29) is 12.1 Å². The van der Waals surface area contributed by atoms with Gasteiger partial charge in [0, 0.05) is 25.8 Å². The normalized spacial score (nSPS) is 14.4. The first-order chi connectivity index (χ1) is 10.6.